The fraction of sp³-hybridized carbons (Fsp3) is 0.333. The number of nitrogens with two attached hydrogens (primary N) is 1. The summed E-state index contributed by atoms with van der Waals surface area (Å²) in [6.07, 6.45) is 0. The van der Waals surface area contributed by atoms with Gasteiger partial charge in [-0.05, 0) is 17.7 Å². The molecule has 1 atom stereocenters. The number of aromatic amines is 2. The summed E-state index contributed by atoms with van der Waals surface area (Å²) in [5.41, 5.74) is 7.86. The van der Waals surface area contributed by atoms with Gasteiger partial charge in [0.05, 0.1) is 30.8 Å². The van der Waals surface area contributed by atoms with E-state index in [0.717, 1.165) is 10.0 Å². The third-order valence-electron chi connectivity index (χ3n) is 2.78. The van der Waals surface area contributed by atoms with Crippen LogP contribution in [0.4, 0.5) is 0 Å². The van der Waals surface area contributed by atoms with Gasteiger partial charge in [0, 0.05) is 4.47 Å². The SMILES string of the molecule is COC(=O)COCC(N)c1cc2[nH]c(=O)[nH]c2cc1Br. The summed E-state index contributed by atoms with van der Waals surface area (Å²) >= 11 is 3.40. The first-order valence-electron chi connectivity index (χ1n) is 5.83. The molecule has 2 aromatic rings. The van der Waals surface area contributed by atoms with Crippen LogP contribution in [0.15, 0.2) is 21.4 Å². The minimum absolute atomic E-state index is 0.148. The van der Waals surface area contributed by atoms with Gasteiger partial charge in [-0.15, -0.1) is 0 Å². The number of fused-ring (bicyclic) bond motifs is 1. The molecule has 0 fully saturated rings. The van der Waals surface area contributed by atoms with Crippen molar-refractivity contribution in [2.45, 2.75) is 6.04 Å². The van der Waals surface area contributed by atoms with E-state index in [4.69, 9.17) is 10.5 Å². The second-order valence-corrected chi connectivity index (χ2v) is 5.05. The predicted octanol–water partition coefficient (Wildman–Crippen LogP) is 0.808. The van der Waals surface area contributed by atoms with E-state index in [-0.39, 0.29) is 18.9 Å². The van der Waals surface area contributed by atoms with Crippen molar-refractivity contribution in [1.82, 2.24) is 9.97 Å². The Labute approximate surface area is 122 Å². The molecule has 0 amide bonds. The molecule has 0 aliphatic rings. The summed E-state index contributed by atoms with van der Waals surface area (Å²) in [6.45, 7) is 0.0128. The van der Waals surface area contributed by atoms with Gasteiger partial charge in [-0.1, -0.05) is 15.9 Å². The molecule has 7 nitrogen and oxygen atoms in total. The number of imidazole rings is 1. The number of ether oxygens (including phenoxy) is 2. The van der Waals surface area contributed by atoms with Crippen LogP contribution in [0, 0.1) is 0 Å². The van der Waals surface area contributed by atoms with Crippen LogP contribution in [-0.4, -0.2) is 36.3 Å². The second kappa shape index (κ2) is 6.21. The van der Waals surface area contributed by atoms with E-state index in [9.17, 15) is 9.59 Å². The molecule has 4 N–H and O–H groups in total. The van der Waals surface area contributed by atoms with Crippen molar-refractivity contribution in [3.63, 3.8) is 0 Å². The number of methoxy groups -OCH3 is 1. The number of esters is 1. The van der Waals surface area contributed by atoms with Crippen molar-refractivity contribution in [3.05, 3.63) is 32.7 Å². The maximum atomic E-state index is 11.2. The number of carbonyl (C=O) groups is 1. The minimum Gasteiger partial charge on any atom is -0.467 e. The molecule has 0 bridgehead atoms. The van der Waals surface area contributed by atoms with E-state index in [1.54, 1.807) is 12.1 Å². The van der Waals surface area contributed by atoms with E-state index < -0.39 is 12.0 Å². The number of hydrogen-bond acceptors (Lipinski definition) is 5. The summed E-state index contributed by atoms with van der Waals surface area (Å²) in [4.78, 5) is 27.5. The second-order valence-electron chi connectivity index (χ2n) is 4.20. The Hall–Kier alpha value is -1.64. The van der Waals surface area contributed by atoms with Gasteiger partial charge in [-0.25, -0.2) is 9.59 Å². The highest BCUT2D eigenvalue weighted by Crippen LogP contribution is 2.26. The molecule has 0 spiro atoms. The first-order valence-corrected chi connectivity index (χ1v) is 6.62. The number of carbonyl (C=O) groups excluding carboxylic acids is 1. The van der Waals surface area contributed by atoms with E-state index in [0.29, 0.717) is 11.0 Å². The molecule has 2 rings (SSSR count). The van der Waals surface area contributed by atoms with Gasteiger partial charge in [0.25, 0.3) is 0 Å². The number of halogens is 1. The van der Waals surface area contributed by atoms with Crippen LogP contribution >= 0.6 is 15.9 Å². The molecule has 0 saturated heterocycles. The zero-order valence-electron chi connectivity index (χ0n) is 10.7. The van der Waals surface area contributed by atoms with E-state index in [1.165, 1.54) is 7.11 Å². The van der Waals surface area contributed by atoms with Gasteiger partial charge in [-0.2, -0.15) is 0 Å². The number of rotatable bonds is 5. The highest BCUT2D eigenvalue weighted by atomic mass is 79.9. The van der Waals surface area contributed by atoms with Gasteiger partial charge in [0.1, 0.15) is 6.61 Å². The van der Waals surface area contributed by atoms with Crippen molar-refractivity contribution in [2.75, 3.05) is 20.3 Å². The van der Waals surface area contributed by atoms with Crippen LogP contribution in [0.1, 0.15) is 11.6 Å². The van der Waals surface area contributed by atoms with Crippen LogP contribution in [0.2, 0.25) is 0 Å². The van der Waals surface area contributed by atoms with Gasteiger partial charge in [0.2, 0.25) is 0 Å². The lowest BCUT2D eigenvalue weighted by Gasteiger charge is -2.14. The lowest BCUT2D eigenvalue weighted by Crippen LogP contribution is -2.20. The van der Waals surface area contributed by atoms with Gasteiger partial charge < -0.3 is 25.2 Å². The van der Waals surface area contributed by atoms with Crippen LogP contribution < -0.4 is 11.4 Å². The van der Waals surface area contributed by atoms with Gasteiger partial charge in [0.15, 0.2) is 0 Å². The highest BCUT2D eigenvalue weighted by molar-refractivity contribution is 9.10. The lowest BCUT2D eigenvalue weighted by molar-refractivity contribution is -0.146. The van der Waals surface area contributed by atoms with Gasteiger partial charge >= 0.3 is 11.7 Å². The van der Waals surface area contributed by atoms with Crippen molar-refractivity contribution < 1.29 is 14.3 Å². The smallest absolute Gasteiger partial charge is 0.331 e. The monoisotopic (exact) mass is 343 g/mol. The molecule has 0 radical (unpaired) electrons. The van der Waals surface area contributed by atoms with Crippen LogP contribution in [0.3, 0.4) is 0 Å². The lowest BCUT2D eigenvalue weighted by atomic mass is 10.1. The molecule has 1 aromatic heterocycles. The largest absolute Gasteiger partial charge is 0.467 e. The Morgan fingerprint density at radius 2 is 2.05 bits per heavy atom. The molecule has 0 aliphatic carbocycles. The summed E-state index contributed by atoms with van der Waals surface area (Å²) < 4.78 is 10.4. The van der Waals surface area contributed by atoms with E-state index in [1.807, 2.05) is 0 Å². The van der Waals surface area contributed by atoms with Crippen LogP contribution in [0.25, 0.3) is 11.0 Å². The molecule has 0 aliphatic heterocycles. The Morgan fingerprint density at radius 3 is 2.70 bits per heavy atom. The Bertz CT molecular complexity index is 679. The zero-order chi connectivity index (χ0) is 14.7. The quantitative estimate of drug-likeness (QED) is 0.695. The topological polar surface area (TPSA) is 110 Å². The standard InChI is InChI=1S/C12H14BrN3O4/c1-19-11(17)5-20-4-8(14)6-2-9-10(3-7(6)13)16-12(18)15-9/h2-3,8H,4-5,14H2,1H3,(H2,15,16,18). The Kier molecular flexibility index (Phi) is 4.58. The van der Waals surface area contributed by atoms with E-state index in [2.05, 4.69) is 30.6 Å². The molecule has 0 saturated carbocycles. The van der Waals surface area contributed by atoms with E-state index >= 15 is 0 Å². The molecule has 1 unspecified atom stereocenters. The number of aromatic nitrogens is 2. The predicted molar refractivity (Wildman–Crippen MR) is 76.4 cm³/mol. The fourth-order valence-corrected chi connectivity index (χ4v) is 2.41. The van der Waals surface area contributed by atoms with Gasteiger partial charge in [-0.3, -0.25) is 0 Å². The first-order chi connectivity index (χ1) is 9.51. The maximum absolute atomic E-state index is 11.2. The van der Waals surface area contributed by atoms with Crippen molar-refractivity contribution in [2.24, 2.45) is 5.73 Å². The zero-order valence-corrected chi connectivity index (χ0v) is 12.3. The molecule has 108 valence electrons. The Morgan fingerprint density at radius 1 is 1.40 bits per heavy atom. The van der Waals surface area contributed by atoms with Crippen molar-refractivity contribution in [1.29, 1.82) is 0 Å². The summed E-state index contributed by atoms with van der Waals surface area (Å²) in [6, 6.07) is 3.10. The highest BCUT2D eigenvalue weighted by Gasteiger charge is 2.13. The number of benzene rings is 1. The first kappa shape index (κ1) is 14.8. The fourth-order valence-electron chi connectivity index (χ4n) is 1.77. The minimum atomic E-state index is -0.457. The molecule has 8 heteroatoms. The average Bonchev–Trinajstić information content (AvgIpc) is 2.76. The summed E-state index contributed by atoms with van der Waals surface area (Å²) in [7, 11) is 1.29. The third-order valence-corrected chi connectivity index (χ3v) is 3.46. The van der Waals surface area contributed by atoms with Crippen LogP contribution in [0.5, 0.6) is 0 Å². The molecule has 20 heavy (non-hydrogen) atoms. The maximum Gasteiger partial charge on any atom is 0.331 e. The molecule has 1 heterocycles. The normalized spacial score (nSPS) is 12.6. The number of nitrogens with one attached hydrogen (secondary N) is 2. The molecular weight excluding hydrogens is 330 g/mol. The Balaban J connectivity index is 2.12. The number of H-pyrrole nitrogens is 2. The summed E-state index contributed by atoms with van der Waals surface area (Å²) in [5.74, 6) is -0.457. The van der Waals surface area contributed by atoms with Crippen molar-refractivity contribution in [3.8, 4) is 0 Å². The van der Waals surface area contributed by atoms with Crippen molar-refractivity contribution >= 4 is 32.9 Å². The summed E-state index contributed by atoms with van der Waals surface area (Å²) in [5, 5.41) is 0. The van der Waals surface area contributed by atoms with Crippen LogP contribution in [-0.2, 0) is 14.3 Å². The third kappa shape index (κ3) is 3.27. The number of hydrogen-bond donors (Lipinski definition) is 3. The molecular formula is C12H14BrN3O4. The molecule has 1 aromatic carbocycles. The average molecular weight is 344 g/mol.